The molecule has 0 aliphatic carbocycles. The van der Waals surface area contributed by atoms with Crippen LogP contribution in [0.25, 0.3) is 0 Å². The molecular formula is C12H23NO. The first kappa shape index (κ1) is 11.5. The Morgan fingerprint density at radius 2 is 2.07 bits per heavy atom. The van der Waals surface area contributed by atoms with Crippen molar-refractivity contribution in [2.45, 2.75) is 52.4 Å². The van der Waals surface area contributed by atoms with Crippen LogP contribution in [0.5, 0.6) is 0 Å². The first-order valence-electron chi connectivity index (χ1n) is 5.87. The molecule has 0 saturated carbocycles. The second-order valence-electron chi connectivity index (χ2n) is 4.74. The van der Waals surface area contributed by atoms with Crippen molar-refractivity contribution < 1.29 is 4.79 Å². The third-order valence-corrected chi connectivity index (χ3v) is 3.59. The Bertz CT molecular complexity index is 202. The third kappa shape index (κ3) is 2.49. The molecule has 0 radical (unpaired) electrons. The average molecular weight is 197 g/mol. The minimum Gasteiger partial charge on any atom is -0.345 e. The summed E-state index contributed by atoms with van der Waals surface area (Å²) in [5, 5.41) is 0. The molecule has 1 fully saturated rings. The van der Waals surface area contributed by atoms with Crippen LogP contribution in [-0.4, -0.2) is 24.4 Å². The van der Waals surface area contributed by atoms with E-state index in [0.29, 0.717) is 11.3 Å². The largest absolute Gasteiger partial charge is 0.345 e. The highest BCUT2D eigenvalue weighted by Gasteiger charge is 2.39. The van der Waals surface area contributed by atoms with Crippen LogP contribution < -0.4 is 0 Å². The molecular weight excluding hydrogens is 174 g/mol. The van der Waals surface area contributed by atoms with Crippen molar-refractivity contribution >= 4 is 5.91 Å². The van der Waals surface area contributed by atoms with Gasteiger partial charge in [-0.3, -0.25) is 4.79 Å². The summed E-state index contributed by atoms with van der Waals surface area (Å²) in [4.78, 5) is 13.4. The fraction of sp³-hybridized carbons (Fsp3) is 0.917. The average Bonchev–Trinajstić information content (AvgIpc) is 2.44. The molecule has 0 aromatic heterocycles. The van der Waals surface area contributed by atoms with Crippen molar-refractivity contribution in [1.82, 2.24) is 4.90 Å². The zero-order valence-corrected chi connectivity index (χ0v) is 9.81. The standard InChI is InChI=1S/C12H23NO/c1-4-6-7-8-12(5-2)9-11(14)13(3)10-12/h4-10H2,1-3H3. The molecule has 2 nitrogen and oxygen atoms in total. The van der Waals surface area contributed by atoms with E-state index in [0.717, 1.165) is 19.4 Å². The molecule has 2 heteroatoms. The zero-order valence-electron chi connectivity index (χ0n) is 9.81. The molecule has 1 atom stereocenters. The van der Waals surface area contributed by atoms with Crippen LogP contribution in [0.1, 0.15) is 52.4 Å². The Hall–Kier alpha value is -0.530. The van der Waals surface area contributed by atoms with Crippen LogP contribution in [0, 0.1) is 5.41 Å². The first-order valence-corrected chi connectivity index (χ1v) is 5.87. The highest BCUT2D eigenvalue weighted by Crippen LogP contribution is 2.38. The predicted octanol–water partition coefficient (Wildman–Crippen LogP) is 2.83. The van der Waals surface area contributed by atoms with Gasteiger partial charge in [-0.1, -0.05) is 33.1 Å². The number of amides is 1. The minimum absolute atomic E-state index is 0.307. The highest BCUT2D eigenvalue weighted by atomic mass is 16.2. The second kappa shape index (κ2) is 4.81. The second-order valence-corrected chi connectivity index (χ2v) is 4.74. The normalized spacial score (nSPS) is 27.4. The van der Waals surface area contributed by atoms with E-state index >= 15 is 0 Å². The number of carbonyl (C=O) groups excluding carboxylic acids is 1. The van der Waals surface area contributed by atoms with Gasteiger partial charge < -0.3 is 4.90 Å². The molecule has 1 rings (SSSR count). The van der Waals surface area contributed by atoms with E-state index in [9.17, 15) is 4.79 Å². The quantitative estimate of drug-likeness (QED) is 0.621. The molecule has 1 saturated heterocycles. The zero-order chi connectivity index (χ0) is 10.6. The van der Waals surface area contributed by atoms with E-state index in [1.54, 1.807) is 0 Å². The van der Waals surface area contributed by atoms with Crippen LogP contribution in [0.15, 0.2) is 0 Å². The third-order valence-electron chi connectivity index (χ3n) is 3.59. The molecule has 1 amide bonds. The topological polar surface area (TPSA) is 20.3 Å². The number of hydrogen-bond acceptors (Lipinski definition) is 1. The van der Waals surface area contributed by atoms with Gasteiger partial charge in [0.25, 0.3) is 0 Å². The lowest BCUT2D eigenvalue weighted by Gasteiger charge is -2.26. The van der Waals surface area contributed by atoms with Crippen LogP contribution >= 0.6 is 0 Å². The summed E-state index contributed by atoms with van der Waals surface area (Å²) >= 11 is 0. The number of unbranched alkanes of at least 4 members (excludes halogenated alkanes) is 2. The molecule has 0 spiro atoms. The lowest BCUT2D eigenvalue weighted by Crippen LogP contribution is -2.24. The van der Waals surface area contributed by atoms with Crippen molar-refractivity contribution in [3.8, 4) is 0 Å². The van der Waals surface area contributed by atoms with Crippen molar-refractivity contribution in [2.24, 2.45) is 5.41 Å². The maximum absolute atomic E-state index is 11.5. The summed E-state index contributed by atoms with van der Waals surface area (Å²) < 4.78 is 0. The molecule has 0 bridgehead atoms. The van der Waals surface area contributed by atoms with Crippen LogP contribution in [0.2, 0.25) is 0 Å². The molecule has 1 aliphatic rings. The lowest BCUT2D eigenvalue weighted by atomic mass is 9.79. The van der Waals surface area contributed by atoms with Crippen molar-refractivity contribution in [2.75, 3.05) is 13.6 Å². The summed E-state index contributed by atoms with van der Waals surface area (Å²) in [6, 6.07) is 0. The number of nitrogens with zero attached hydrogens (tertiary/aromatic N) is 1. The van der Waals surface area contributed by atoms with Gasteiger partial charge in [-0.05, 0) is 18.3 Å². The van der Waals surface area contributed by atoms with Crippen LogP contribution in [-0.2, 0) is 4.79 Å². The number of rotatable bonds is 5. The minimum atomic E-state index is 0.307. The van der Waals surface area contributed by atoms with Crippen molar-refractivity contribution in [1.29, 1.82) is 0 Å². The summed E-state index contributed by atoms with van der Waals surface area (Å²) in [6.45, 7) is 5.43. The highest BCUT2D eigenvalue weighted by molar-refractivity contribution is 5.79. The van der Waals surface area contributed by atoms with E-state index < -0.39 is 0 Å². The Kier molecular flexibility index (Phi) is 3.97. The first-order chi connectivity index (χ1) is 6.63. The molecule has 1 aliphatic heterocycles. The summed E-state index contributed by atoms with van der Waals surface area (Å²) in [5.74, 6) is 0.336. The van der Waals surface area contributed by atoms with Gasteiger partial charge in [0.05, 0.1) is 0 Å². The predicted molar refractivity (Wildman–Crippen MR) is 59.1 cm³/mol. The molecule has 14 heavy (non-hydrogen) atoms. The summed E-state index contributed by atoms with van der Waals surface area (Å²) in [6.07, 6.45) is 7.01. The Balaban J connectivity index is 2.47. The number of hydrogen-bond donors (Lipinski definition) is 0. The van der Waals surface area contributed by atoms with Crippen LogP contribution in [0.3, 0.4) is 0 Å². The van der Waals surface area contributed by atoms with Gasteiger partial charge in [-0.2, -0.15) is 0 Å². The molecule has 0 aromatic carbocycles. The van der Waals surface area contributed by atoms with Crippen molar-refractivity contribution in [3.05, 3.63) is 0 Å². The van der Waals surface area contributed by atoms with E-state index in [1.807, 2.05) is 11.9 Å². The Morgan fingerprint density at radius 1 is 1.36 bits per heavy atom. The maximum Gasteiger partial charge on any atom is 0.222 e. The van der Waals surface area contributed by atoms with Gasteiger partial charge in [0.1, 0.15) is 0 Å². The number of carbonyl (C=O) groups is 1. The van der Waals surface area contributed by atoms with Gasteiger partial charge in [-0.25, -0.2) is 0 Å². The molecule has 82 valence electrons. The monoisotopic (exact) mass is 197 g/mol. The van der Waals surface area contributed by atoms with Crippen molar-refractivity contribution in [3.63, 3.8) is 0 Å². The molecule has 0 N–H and O–H groups in total. The Labute approximate surface area is 87.7 Å². The smallest absolute Gasteiger partial charge is 0.222 e. The van der Waals surface area contributed by atoms with Crippen LogP contribution in [0.4, 0.5) is 0 Å². The lowest BCUT2D eigenvalue weighted by molar-refractivity contribution is -0.126. The van der Waals surface area contributed by atoms with E-state index in [-0.39, 0.29) is 0 Å². The fourth-order valence-corrected chi connectivity index (χ4v) is 2.43. The Morgan fingerprint density at radius 3 is 2.50 bits per heavy atom. The molecule has 1 heterocycles. The molecule has 1 unspecified atom stereocenters. The maximum atomic E-state index is 11.5. The van der Waals surface area contributed by atoms with Gasteiger partial charge in [0, 0.05) is 20.0 Å². The summed E-state index contributed by atoms with van der Waals surface area (Å²) in [5.41, 5.74) is 0.307. The van der Waals surface area contributed by atoms with E-state index in [4.69, 9.17) is 0 Å². The van der Waals surface area contributed by atoms with Gasteiger partial charge >= 0.3 is 0 Å². The van der Waals surface area contributed by atoms with Gasteiger partial charge in [-0.15, -0.1) is 0 Å². The van der Waals surface area contributed by atoms with E-state index in [1.165, 1.54) is 25.7 Å². The van der Waals surface area contributed by atoms with E-state index in [2.05, 4.69) is 13.8 Å². The van der Waals surface area contributed by atoms with Gasteiger partial charge in [0.15, 0.2) is 0 Å². The summed E-state index contributed by atoms with van der Waals surface area (Å²) in [7, 11) is 1.93. The fourth-order valence-electron chi connectivity index (χ4n) is 2.43. The van der Waals surface area contributed by atoms with Gasteiger partial charge in [0.2, 0.25) is 5.91 Å². The number of likely N-dealkylation sites (tertiary alicyclic amines) is 1. The SMILES string of the molecule is CCCCCC1(CC)CC(=O)N(C)C1. The molecule has 0 aromatic rings.